The number of hydrogen-bond acceptors (Lipinski definition) is 5. The highest BCUT2D eigenvalue weighted by atomic mass is 32.2. The Kier molecular flexibility index (Phi) is 4.32. The standard InChI is InChI=1S/C17H16N2O5S/c1-18(2)25(22,23)14-9-7-12(8-10-14)17(21)24-19-11-13-5-3-4-6-15(13)16(19)20/h3-10H,11H2,1-2H3. The molecule has 0 saturated carbocycles. The van der Waals surface area contributed by atoms with Crippen LogP contribution in [-0.4, -0.2) is 43.8 Å². The summed E-state index contributed by atoms with van der Waals surface area (Å²) in [5.74, 6) is -1.11. The van der Waals surface area contributed by atoms with Crippen LogP contribution in [0.4, 0.5) is 0 Å². The molecule has 25 heavy (non-hydrogen) atoms. The van der Waals surface area contributed by atoms with Gasteiger partial charge in [-0.2, -0.15) is 5.06 Å². The zero-order valence-corrected chi connectivity index (χ0v) is 14.5. The molecule has 0 spiro atoms. The molecular formula is C17H16N2O5S. The van der Waals surface area contributed by atoms with Gasteiger partial charge in [-0.15, -0.1) is 0 Å². The average molecular weight is 360 g/mol. The van der Waals surface area contributed by atoms with Gasteiger partial charge in [0, 0.05) is 19.7 Å². The topological polar surface area (TPSA) is 84.0 Å². The number of hydroxylamine groups is 2. The summed E-state index contributed by atoms with van der Waals surface area (Å²) < 4.78 is 25.1. The van der Waals surface area contributed by atoms with Crippen molar-refractivity contribution in [3.8, 4) is 0 Å². The van der Waals surface area contributed by atoms with Gasteiger partial charge in [0.05, 0.1) is 17.0 Å². The Morgan fingerprint density at radius 1 is 1.08 bits per heavy atom. The number of hydrogen-bond donors (Lipinski definition) is 0. The first-order chi connectivity index (χ1) is 11.8. The third-order valence-corrected chi connectivity index (χ3v) is 5.68. The first-order valence-corrected chi connectivity index (χ1v) is 8.89. The summed E-state index contributed by atoms with van der Waals surface area (Å²) in [5, 5.41) is 0.997. The summed E-state index contributed by atoms with van der Waals surface area (Å²) in [4.78, 5) is 29.6. The number of sulfonamides is 1. The third-order valence-electron chi connectivity index (χ3n) is 3.85. The molecule has 0 atom stereocenters. The molecule has 2 aromatic rings. The lowest BCUT2D eigenvalue weighted by atomic mass is 10.1. The van der Waals surface area contributed by atoms with Gasteiger partial charge in [-0.3, -0.25) is 4.79 Å². The number of benzene rings is 2. The van der Waals surface area contributed by atoms with E-state index in [1.807, 2.05) is 0 Å². The zero-order chi connectivity index (χ0) is 18.2. The second-order valence-electron chi connectivity index (χ2n) is 5.69. The minimum absolute atomic E-state index is 0.0682. The number of rotatable bonds is 4. The van der Waals surface area contributed by atoms with Crippen molar-refractivity contribution >= 4 is 21.9 Å². The highest BCUT2D eigenvalue weighted by Crippen LogP contribution is 2.23. The van der Waals surface area contributed by atoms with E-state index < -0.39 is 16.0 Å². The Bertz CT molecular complexity index is 936. The number of carbonyl (C=O) groups excluding carboxylic acids is 2. The van der Waals surface area contributed by atoms with Crippen molar-refractivity contribution in [3.63, 3.8) is 0 Å². The fraction of sp³-hybridized carbons (Fsp3) is 0.176. The van der Waals surface area contributed by atoms with E-state index in [0.29, 0.717) is 5.56 Å². The lowest BCUT2D eigenvalue weighted by molar-refractivity contribution is -0.0818. The SMILES string of the molecule is CN(C)S(=O)(=O)c1ccc(C(=O)ON2Cc3ccccc3C2=O)cc1. The Morgan fingerprint density at radius 3 is 2.32 bits per heavy atom. The maximum absolute atomic E-state index is 12.2. The minimum Gasteiger partial charge on any atom is -0.332 e. The summed E-state index contributed by atoms with van der Waals surface area (Å²) in [5.41, 5.74) is 1.44. The molecule has 0 fully saturated rings. The van der Waals surface area contributed by atoms with Crippen molar-refractivity contribution in [3.05, 3.63) is 65.2 Å². The normalized spacial score (nSPS) is 13.9. The van der Waals surface area contributed by atoms with E-state index >= 15 is 0 Å². The third kappa shape index (κ3) is 3.13. The van der Waals surface area contributed by atoms with E-state index in [1.54, 1.807) is 24.3 Å². The second-order valence-corrected chi connectivity index (χ2v) is 7.84. The first-order valence-electron chi connectivity index (χ1n) is 7.45. The van der Waals surface area contributed by atoms with Gasteiger partial charge >= 0.3 is 5.97 Å². The van der Waals surface area contributed by atoms with E-state index in [0.717, 1.165) is 14.9 Å². The Balaban J connectivity index is 1.74. The van der Waals surface area contributed by atoms with Crippen molar-refractivity contribution in [1.29, 1.82) is 0 Å². The lowest BCUT2D eigenvalue weighted by Gasteiger charge is -2.15. The molecule has 0 saturated heterocycles. The fourth-order valence-electron chi connectivity index (χ4n) is 2.43. The van der Waals surface area contributed by atoms with E-state index in [9.17, 15) is 18.0 Å². The number of fused-ring (bicyclic) bond motifs is 1. The first kappa shape index (κ1) is 17.1. The quantitative estimate of drug-likeness (QED) is 0.828. The zero-order valence-electron chi connectivity index (χ0n) is 13.7. The fourth-order valence-corrected chi connectivity index (χ4v) is 3.33. The predicted octanol–water partition coefficient (Wildman–Crippen LogP) is 1.66. The maximum atomic E-state index is 12.2. The van der Waals surface area contributed by atoms with Gasteiger partial charge in [-0.05, 0) is 35.9 Å². The van der Waals surface area contributed by atoms with Crippen LogP contribution < -0.4 is 0 Å². The van der Waals surface area contributed by atoms with Crippen molar-refractivity contribution in [1.82, 2.24) is 9.37 Å². The van der Waals surface area contributed by atoms with Gasteiger partial charge in [0.1, 0.15) is 0 Å². The summed E-state index contributed by atoms with van der Waals surface area (Å²) >= 11 is 0. The van der Waals surface area contributed by atoms with Gasteiger partial charge in [0.15, 0.2) is 0 Å². The van der Waals surface area contributed by atoms with Crippen LogP contribution in [0.2, 0.25) is 0 Å². The molecule has 0 bridgehead atoms. The molecule has 0 aliphatic carbocycles. The van der Waals surface area contributed by atoms with Crippen LogP contribution in [0.1, 0.15) is 26.3 Å². The summed E-state index contributed by atoms with van der Waals surface area (Å²) in [7, 11) is -0.721. The molecule has 130 valence electrons. The van der Waals surface area contributed by atoms with Crippen molar-refractivity contribution < 1.29 is 22.8 Å². The molecule has 2 aromatic carbocycles. The van der Waals surface area contributed by atoms with E-state index in [2.05, 4.69) is 0 Å². The van der Waals surface area contributed by atoms with Gasteiger partial charge in [0.25, 0.3) is 5.91 Å². The van der Waals surface area contributed by atoms with Crippen LogP contribution in [0.3, 0.4) is 0 Å². The molecule has 8 heteroatoms. The molecule has 0 N–H and O–H groups in total. The van der Waals surface area contributed by atoms with Crippen LogP contribution in [0.25, 0.3) is 0 Å². The van der Waals surface area contributed by atoms with E-state index in [-0.39, 0.29) is 22.9 Å². The summed E-state index contributed by atoms with van der Waals surface area (Å²) in [6, 6.07) is 12.4. The molecule has 1 heterocycles. The highest BCUT2D eigenvalue weighted by molar-refractivity contribution is 7.89. The van der Waals surface area contributed by atoms with Crippen molar-refractivity contribution in [2.75, 3.05) is 14.1 Å². The van der Waals surface area contributed by atoms with Crippen LogP contribution in [0.15, 0.2) is 53.4 Å². The molecule has 0 aromatic heterocycles. The Hall–Kier alpha value is -2.71. The number of nitrogens with zero attached hydrogens (tertiary/aromatic N) is 2. The van der Waals surface area contributed by atoms with Crippen LogP contribution in [-0.2, 0) is 21.4 Å². The van der Waals surface area contributed by atoms with E-state index in [1.165, 1.54) is 38.4 Å². The molecule has 1 aliphatic rings. The van der Waals surface area contributed by atoms with Crippen LogP contribution in [0.5, 0.6) is 0 Å². The molecule has 1 aliphatic heterocycles. The number of amides is 1. The van der Waals surface area contributed by atoms with Crippen molar-refractivity contribution in [2.24, 2.45) is 0 Å². The van der Waals surface area contributed by atoms with Gasteiger partial charge in [0.2, 0.25) is 10.0 Å². The van der Waals surface area contributed by atoms with Gasteiger partial charge in [-0.1, -0.05) is 18.2 Å². The number of carbonyl (C=O) groups is 2. The molecule has 1 amide bonds. The summed E-state index contributed by atoms with van der Waals surface area (Å²) in [6.45, 7) is 0.188. The summed E-state index contributed by atoms with van der Waals surface area (Å²) in [6.07, 6.45) is 0. The van der Waals surface area contributed by atoms with Crippen LogP contribution in [0, 0.1) is 0 Å². The maximum Gasteiger partial charge on any atom is 0.363 e. The highest BCUT2D eigenvalue weighted by Gasteiger charge is 2.30. The molecule has 0 radical (unpaired) electrons. The van der Waals surface area contributed by atoms with Gasteiger partial charge < -0.3 is 4.84 Å². The Morgan fingerprint density at radius 2 is 1.72 bits per heavy atom. The lowest BCUT2D eigenvalue weighted by Crippen LogP contribution is -2.27. The molecule has 0 unspecified atom stereocenters. The second kappa shape index (κ2) is 6.30. The smallest absolute Gasteiger partial charge is 0.332 e. The minimum atomic E-state index is -3.57. The average Bonchev–Trinajstić information content (AvgIpc) is 2.91. The van der Waals surface area contributed by atoms with E-state index in [4.69, 9.17) is 4.84 Å². The van der Waals surface area contributed by atoms with Crippen LogP contribution >= 0.6 is 0 Å². The van der Waals surface area contributed by atoms with Gasteiger partial charge in [-0.25, -0.2) is 17.5 Å². The van der Waals surface area contributed by atoms with Crippen molar-refractivity contribution in [2.45, 2.75) is 11.4 Å². The monoisotopic (exact) mass is 360 g/mol. The largest absolute Gasteiger partial charge is 0.363 e. The molecular weight excluding hydrogens is 344 g/mol. The Labute approximate surface area is 145 Å². The molecule has 3 rings (SSSR count). The molecule has 7 nitrogen and oxygen atoms in total. The predicted molar refractivity (Wildman–Crippen MR) is 89.0 cm³/mol.